The van der Waals surface area contributed by atoms with Crippen molar-refractivity contribution in [1.29, 1.82) is 0 Å². The van der Waals surface area contributed by atoms with Crippen LogP contribution in [0.5, 0.6) is 0 Å². The van der Waals surface area contributed by atoms with Crippen molar-refractivity contribution in [1.82, 2.24) is 0 Å². The van der Waals surface area contributed by atoms with Crippen LogP contribution in [0.15, 0.2) is 82.8 Å². The Kier molecular flexibility index (Phi) is 7.56. The molecule has 0 heterocycles. The lowest BCUT2D eigenvalue weighted by atomic mass is 10.2. The van der Waals surface area contributed by atoms with Gasteiger partial charge in [-0.25, -0.2) is 8.42 Å². The van der Waals surface area contributed by atoms with Crippen LogP contribution in [-0.2, 0) is 10.0 Å². The summed E-state index contributed by atoms with van der Waals surface area (Å²) in [6.45, 7) is 0. The molecule has 2 N–H and O–H groups in total. The lowest BCUT2D eigenvalue weighted by Gasteiger charge is -2.09. The molecule has 0 radical (unpaired) electrons. The number of nitro benzene ring substituents is 2. The second-order valence-corrected chi connectivity index (χ2v) is 8.73. The van der Waals surface area contributed by atoms with Crippen LogP contribution in [-0.4, -0.2) is 24.5 Å². The van der Waals surface area contributed by atoms with Crippen LogP contribution in [0.2, 0.25) is 5.02 Å². The summed E-state index contributed by atoms with van der Waals surface area (Å²) in [5.41, 5.74) is 2.41. The number of hydrogen-bond donors (Lipinski definition) is 2. The van der Waals surface area contributed by atoms with Crippen LogP contribution in [0, 0.1) is 20.2 Å². The van der Waals surface area contributed by atoms with Crippen molar-refractivity contribution in [2.24, 2.45) is 5.10 Å². The molecule has 0 unspecified atom stereocenters. The number of para-hydroxylation sites is 1. The fourth-order valence-corrected chi connectivity index (χ4v) is 3.95. The molecule has 0 aliphatic carbocycles. The van der Waals surface area contributed by atoms with E-state index in [0.29, 0.717) is 10.6 Å². The van der Waals surface area contributed by atoms with E-state index in [9.17, 15) is 28.6 Å². The molecular weight excluding hydrogens is 486 g/mol. The van der Waals surface area contributed by atoms with Gasteiger partial charge in [0.2, 0.25) is 0 Å². The van der Waals surface area contributed by atoms with E-state index in [1.54, 1.807) is 18.2 Å². The minimum absolute atomic E-state index is 0.0502. The topological polar surface area (TPSA) is 157 Å². The monoisotopic (exact) mass is 501 g/mol. The molecule has 34 heavy (non-hydrogen) atoms. The Morgan fingerprint density at radius 1 is 0.912 bits per heavy atom. The molecule has 11 nitrogen and oxygen atoms in total. The number of anilines is 2. The summed E-state index contributed by atoms with van der Waals surface area (Å²) in [4.78, 5) is 20.9. The summed E-state index contributed by atoms with van der Waals surface area (Å²) in [5.74, 6) is 0. The van der Waals surface area contributed by atoms with Crippen LogP contribution in [0.1, 0.15) is 5.56 Å². The van der Waals surface area contributed by atoms with E-state index in [1.807, 2.05) is 0 Å². The Labute approximate surface area is 198 Å². The van der Waals surface area contributed by atoms with E-state index in [1.165, 1.54) is 60.8 Å². The number of nitrogens with zero attached hydrogens (tertiary/aromatic N) is 3. The maximum atomic E-state index is 12.6. The largest absolute Gasteiger partial charge is 0.295 e. The van der Waals surface area contributed by atoms with Gasteiger partial charge in [-0.15, -0.1) is 0 Å². The van der Waals surface area contributed by atoms with Crippen molar-refractivity contribution >= 4 is 56.7 Å². The molecule has 0 aliphatic heterocycles. The second-order valence-electron chi connectivity index (χ2n) is 6.61. The highest BCUT2D eigenvalue weighted by Gasteiger charge is 2.21. The van der Waals surface area contributed by atoms with Crippen molar-refractivity contribution in [2.45, 2.75) is 4.90 Å². The molecule has 0 atom stereocenters. The normalized spacial score (nSPS) is 11.6. The highest BCUT2D eigenvalue weighted by molar-refractivity contribution is 7.92. The Balaban J connectivity index is 1.76. The van der Waals surface area contributed by atoms with Crippen molar-refractivity contribution in [2.75, 3.05) is 10.1 Å². The van der Waals surface area contributed by atoms with E-state index in [2.05, 4.69) is 15.2 Å². The van der Waals surface area contributed by atoms with Gasteiger partial charge in [-0.3, -0.25) is 30.4 Å². The fraction of sp³-hybridized carbons (Fsp3) is 0. The van der Waals surface area contributed by atoms with Crippen LogP contribution in [0.25, 0.3) is 6.08 Å². The van der Waals surface area contributed by atoms with Gasteiger partial charge in [0.05, 0.1) is 20.3 Å². The van der Waals surface area contributed by atoms with E-state index < -0.39 is 25.6 Å². The van der Waals surface area contributed by atoms with Crippen LogP contribution in [0.4, 0.5) is 22.7 Å². The standard InChI is InChI=1S/C21H16ClN5O6S/c22-16-7-9-17(10-8-16)25-34(32,33)18-11-12-19(21(14-18)27(30)31)24-23-13-3-5-15-4-1-2-6-20(15)26(28)29/h1-14,24-25H/b5-3+,23-13-. The van der Waals surface area contributed by atoms with E-state index >= 15 is 0 Å². The molecule has 0 saturated carbocycles. The SMILES string of the molecule is O=[N+]([O-])c1ccccc1/C=C/C=N\Nc1ccc(S(=O)(=O)Nc2ccc(Cl)cc2)cc1[N+](=O)[O-]. The number of nitrogens with one attached hydrogen (secondary N) is 2. The Hall–Kier alpha value is -4.29. The lowest BCUT2D eigenvalue weighted by molar-refractivity contribution is -0.385. The summed E-state index contributed by atoms with van der Waals surface area (Å²) in [7, 11) is -4.10. The predicted octanol–water partition coefficient (Wildman–Crippen LogP) is 5.07. The lowest BCUT2D eigenvalue weighted by Crippen LogP contribution is -2.13. The number of hydrogen-bond acceptors (Lipinski definition) is 8. The first-order valence-electron chi connectivity index (χ1n) is 9.43. The van der Waals surface area contributed by atoms with Gasteiger partial charge in [-0.1, -0.05) is 23.7 Å². The first kappa shape index (κ1) is 24.4. The number of hydrazone groups is 1. The van der Waals surface area contributed by atoms with Gasteiger partial charge in [-0.2, -0.15) is 5.10 Å². The van der Waals surface area contributed by atoms with Gasteiger partial charge in [0, 0.05) is 29.1 Å². The van der Waals surface area contributed by atoms with Crippen LogP contribution < -0.4 is 10.1 Å². The third kappa shape index (κ3) is 6.15. The zero-order valence-electron chi connectivity index (χ0n) is 17.2. The van der Waals surface area contributed by atoms with Gasteiger partial charge >= 0.3 is 0 Å². The summed E-state index contributed by atoms with van der Waals surface area (Å²) in [5, 5.41) is 26.7. The predicted molar refractivity (Wildman–Crippen MR) is 130 cm³/mol. The Bertz CT molecular complexity index is 1390. The first-order chi connectivity index (χ1) is 16.2. The van der Waals surface area contributed by atoms with E-state index in [0.717, 1.165) is 6.07 Å². The zero-order valence-corrected chi connectivity index (χ0v) is 18.7. The smallest absolute Gasteiger partial charge is 0.280 e. The van der Waals surface area contributed by atoms with Crippen LogP contribution >= 0.6 is 11.6 Å². The molecule has 0 fully saturated rings. The second kappa shape index (κ2) is 10.6. The first-order valence-corrected chi connectivity index (χ1v) is 11.3. The van der Waals surface area contributed by atoms with Crippen molar-refractivity contribution < 1.29 is 18.3 Å². The van der Waals surface area contributed by atoms with E-state index in [-0.39, 0.29) is 22.0 Å². The molecular formula is C21H16ClN5O6S. The van der Waals surface area contributed by atoms with Gasteiger partial charge < -0.3 is 0 Å². The van der Waals surface area contributed by atoms with Crippen molar-refractivity contribution in [3.05, 3.63) is 104 Å². The van der Waals surface area contributed by atoms with Gasteiger partial charge in [0.15, 0.2) is 0 Å². The number of rotatable bonds is 9. The fourth-order valence-electron chi connectivity index (χ4n) is 2.75. The maximum Gasteiger partial charge on any atom is 0.295 e. The summed E-state index contributed by atoms with van der Waals surface area (Å²) >= 11 is 5.78. The van der Waals surface area contributed by atoms with Crippen LogP contribution in [0.3, 0.4) is 0 Å². The molecule has 3 aromatic carbocycles. The number of sulfonamides is 1. The minimum atomic E-state index is -4.10. The Morgan fingerprint density at radius 3 is 2.26 bits per heavy atom. The number of halogens is 1. The van der Waals surface area contributed by atoms with Gasteiger partial charge in [0.25, 0.3) is 21.4 Å². The molecule has 0 bridgehead atoms. The third-order valence-electron chi connectivity index (χ3n) is 4.33. The molecule has 0 spiro atoms. The van der Waals surface area contributed by atoms with Crippen molar-refractivity contribution in [3.63, 3.8) is 0 Å². The molecule has 0 saturated heterocycles. The highest BCUT2D eigenvalue weighted by Crippen LogP contribution is 2.29. The Morgan fingerprint density at radius 2 is 1.59 bits per heavy atom. The number of benzene rings is 3. The number of nitro groups is 2. The minimum Gasteiger partial charge on any atom is -0.280 e. The molecule has 0 aromatic heterocycles. The third-order valence-corrected chi connectivity index (χ3v) is 5.96. The molecule has 3 rings (SSSR count). The highest BCUT2D eigenvalue weighted by atomic mass is 35.5. The summed E-state index contributed by atoms with van der Waals surface area (Å²) in [6, 6.07) is 15.3. The maximum absolute atomic E-state index is 12.6. The number of allylic oxidation sites excluding steroid dienone is 1. The molecule has 13 heteroatoms. The average molecular weight is 502 g/mol. The van der Waals surface area contributed by atoms with Crippen molar-refractivity contribution in [3.8, 4) is 0 Å². The quantitative estimate of drug-likeness (QED) is 0.235. The zero-order chi connectivity index (χ0) is 24.7. The molecule has 174 valence electrons. The summed E-state index contributed by atoms with van der Waals surface area (Å²) < 4.78 is 27.5. The van der Waals surface area contributed by atoms with Gasteiger partial charge in [-0.05, 0) is 54.6 Å². The molecule has 0 aliphatic rings. The van der Waals surface area contributed by atoms with Gasteiger partial charge in [0.1, 0.15) is 5.69 Å². The van der Waals surface area contributed by atoms with E-state index in [4.69, 9.17) is 11.6 Å². The summed E-state index contributed by atoms with van der Waals surface area (Å²) in [6.07, 6.45) is 4.11. The average Bonchev–Trinajstić information content (AvgIpc) is 2.80. The molecule has 0 amide bonds. The molecule has 3 aromatic rings.